The van der Waals surface area contributed by atoms with E-state index in [1.165, 1.54) is 39.8 Å². The van der Waals surface area contributed by atoms with Crippen molar-refractivity contribution < 1.29 is 50.5 Å². The van der Waals surface area contributed by atoms with Crippen molar-refractivity contribution >= 4 is 57.8 Å². The molecule has 4 N–H and O–H groups in total. The van der Waals surface area contributed by atoms with Gasteiger partial charge in [-0.05, 0) is 30.1 Å². The number of anilines is 1. The van der Waals surface area contributed by atoms with Crippen molar-refractivity contribution in [2.24, 2.45) is 0 Å². The number of rotatable bonds is 10. The van der Waals surface area contributed by atoms with Gasteiger partial charge in [-0.1, -0.05) is 11.8 Å². The molecule has 0 radical (unpaired) electrons. The zero-order chi connectivity index (χ0) is 24.4. The molecule has 1 fully saturated rings. The van der Waals surface area contributed by atoms with Gasteiger partial charge in [0.25, 0.3) is 5.91 Å². The van der Waals surface area contributed by atoms with Crippen LogP contribution in [-0.4, -0.2) is 101 Å². The molecule has 17 heteroatoms. The van der Waals surface area contributed by atoms with Crippen molar-refractivity contribution in [2.75, 3.05) is 37.9 Å². The molecule has 0 bridgehead atoms. The topological polar surface area (TPSA) is 172 Å². The molecule has 2 aliphatic rings. The summed E-state index contributed by atoms with van der Waals surface area (Å²) >= 11 is 3.98. The van der Waals surface area contributed by atoms with Crippen LogP contribution in [0.5, 0.6) is 0 Å². The van der Waals surface area contributed by atoms with Gasteiger partial charge in [-0.2, -0.15) is 0 Å². The fraction of sp³-hybridized carbons (Fsp3) is 0.500. The van der Waals surface area contributed by atoms with Crippen LogP contribution in [0.25, 0.3) is 0 Å². The molecular formula is C18H24N9NaO4S3. The van der Waals surface area contributed by atoms with Crippen molar-refractivity contribution in [3.63, 3.8) is 0 Å². The number of nitrogen functional groups attached to an aromatic ring is 1. The monoisotopic (exact) mass is 549 g/mol. The van der Waals surface area contributed by atoms with Gasteiger partial charge in [0.2, 0.25) is 11.1 Å². The number of carboxylic acids is 1. The maximum Gasteiger partial charge on any atom is 1.00 e. The number of aromatic nitrogens is 5. The Kier molecular flexibility index (Phi) is 9.59. The first-order chi connectivity index (χ1) is 16.2. The number of tetrazole rings is 1. The molecule has 35 heavy (non-hydrogen) atoms. The Morgan fingerprint density at radius 2 is 2.20 bits per heavy atom. The molecule has 1 saturated heterocycles. The van der Waals surface area contributed by atoms with Crippen LogP contribution < -0.4 is 40.6 Å². The molecule has 0 aromatic carbocycles. The van der Waals surface area contributed by atoms with E-state index >= 15 is 0 Å². The van der Waals surface area contributed by atoms with Crippen LogP contribution in [0.3, 0.4) is 0 Å². The van der Waals surface area contributed by atoms with E-state index in [0.29, 0.717) is 39.6 Å². The number of thiazole rings is 1. The molecule has 2 aromatic heterocycles. The standard InChI is InChI=1S/C18H23N9O4S3.Na.H/c1-25(2)3-4-26-18(22-23-24-26)34-7-9-6-32-15-12(14(29)27(15)13(9)16(30)31)21-11(28)5-10-8-33-17(19)20-10;;/h8,12,15H,3-7H2,1-2H3,(H2,19,20)(H,21,28)(H,30,31);;/q;+1;-1/t12-,15-;;/m1../s1. The van der Waals surface area contributed by atoms with Crippen LogP contribution in [0.4, 0.5) is 5.13 Å². The van der Waals surface area contributed by atoms with Gasteiger partial charge in [-0.15, -0.1) is 28.2 Å². The maximum absolute atomic E-state index is 12.8. The molecule has 0 spiro atoms. The number of hydrogen-bond donors (Lipinski definition) is 3. The third-order valence-corrected chi connectivity index (χ3v) is 8.22. The summed E-state index contributed by atoms with van der Waals surface area (Å²) in [6.07, 6.45) is 0.000917. The molecule has 0 saturated carbocycles. The number of carbonyl (C=O) groups is 3. The van der Waals surface area contributed by atoms with Crippen molar-refractivity contribution in [1.82, 2.24) is 40.3 Å². The van der Waals surface area contributed by atoms with E-state index in [1.807, 2.05) is 19.0 Å². The number of β-lactam (4-membered cyclic amide) rings is 1. The van der Waals surface area contributed by atoms with E-state index in [9.17, 15) is 19.5 Å². The fourth-order valence-corrected chi connectivity index (χ4v) is 6.42. The number of nitrogens with one attached hydrogen (secondary N) is 1. The smallest absolute Gasteiger partial charge is 1.00 e. The van der Waals surface area contributed by atoms with Crippen LogP contribution in [0.1, 0.15) is 7.12 Å². The van der Waals surface area contributed by atoms with Crippen LogP contribution in [0.2, 0.25) is 0 Å². The number of hydrogen-bond acceptors (Lipinski definition) is 12. The Labute approximate surface area is 237 Å². The first kappa shape index (κ1) is 27.9. The molecule has 184 valence electrons. The minimum absolute atomic E-state index is 0. The second-order valence-electron chi connectivity index (χ2n) is 7.84. The number of carboxylic acid groups (broad SMARTS) is 1. The Morgan fingerprint density at radius 1 is 1.43 bits per heavy atom. The number of thioether (sulfide) groups is 2. The SMILES string of the molecule is CN(C)CCn1nnnc1SCC1=C(C(=O)O)N2C(=O)[C@@H](NC(=O)Cc3csc(N)n3)[C@H]2SC1.[H-].[Na+]. The van der Waals surface area contributed by atoms with Gasteiger partial charge in [0.1, 0.15) is 17.1 Å². The molecule has 4 rings (SSSR count). The van der Waals surface area contributed by atoms with Crippen LogP contribution in [0, 0.1) is 0 Å². The van der Waals surface area contributed by atoms with Gasteiger partial charge < -0.3 is 22.5 Å². The van der Waals surface area contributed by atoms with Crippen LogP contribution >= 0.6 is 34.9 Å². The Morgan fingerprint density at radius 3 is 2.86 bits per heavy atom. The molecule has 2 amide bonds. The predicted molar refractivity (Wildman–Crippen MR) is 128 cm³/mol. The summed E-state index contributed by atoms with van der Waals surface area (Å²) in [5.41, 5.74) is 6.68. The van der Waals surface area contributed by atoms with Gasteiger partial charge in [0.05, 0.1) is 18.7 Å². The summed E-state index contributed by atoms with van der Waals surface area (Å²) in [6.45, 7) is 1.36. The predicted octanol–water partition coefficient (Wildman–Crippen LogP) is -3.54. The van der Waals surface area contributed by atoms with E-state index in [1.54, 1.807) is 10.1 Å². The average Bonchev–Trinajstić information content (AvgIpc) is 3.41. The third kappa shape index (κ3) is 6.36. The Bertz CT molecular complexity index is 1140. The zero-order valence-corrected chi connectivity index (χ0v) is 23.8. The summed E-state index contributed by atoms with van der Waals surface area (Å²) in [5, 5.41) is 26.4. The summed E-state index contributed by atoms with van der Waals surface area (Å²) in [4.78, 5) is 44.5. The van der Waals surface area contributed by atoms with E-state index in [2.05, 4.69) is 25.8 Å². The number of amides is 2. The van der Waals surface area contributed by atoms with Crippen LogP contribution in [-0.2, 0) is 27.3 Å². The van der Waals surface area contributed by atoms with E-state index in [4.69, 9.17) is 5.73 Å². The minimum Gasteiger partial charge on any atom is -1.00 e. The van der Waals surface area contributed by atoms with Gasteiger partial charge in [-0.25, -0.2) is 14.5 Å². The number of aliphatic carboxylic acids is 1. The molecule has 4 heterocycles. The first-order valence-corrected chi connectivity index (χ1v) is 13.1. The normalized spacial score (nSPS) is 19.3. The van der Waals surface area contributed by atoms with Crippen molar-refractivity contribution in [3.05, 3.63) is 22.3 Å². The van der Waals surface area contributed by atoms with Gasteiger partial charge in [-0.3, -0.25) is 14.5 Å². The van der Waals surface area contributed by atoms with Gasteiger partial charge in [0, 0.05) is 23.4 Å². The number of nitrogens with zero attached hydrogens (tertiary/aromatic N) is 7. The number of carbonyl (C=O) groups excluding carboxylic acids is 2. The van der Waals surface area contributed by atoms with Gasteiger partial charge in [0.15, 0.2) is 5.13 Å². The molecule has 13 nitrogen and oxygen atoms in total. The van der Waals surface area contributed by atoms with Crippen molar-refractivity contribution in [1.29, 1.82) is 0 Å². The summed E-state index contributed by atoms with van der Waals surface area (Å²) in [7, 11) is 3.90. The summed E-state index contributed by atoms with van der Waals surface area (Å²) < 4.78 is 1.67. The number of fused-ring (bicyclic) bond motifs is 1. The molecular weight excluding hydrogens is 525 g/mol. The largest absolute Gasteiger partial charge is 1.00 e. The quantitative estimate of drug-likeness (QED) is 0.152. The van der Waals surface area contributed by atoms with E-state index in [-0.39, 0.29) is 49.0 Å². The van der Waals surface area contributed by atoms with Crippen molar-refractivity contribution in [3.8, 4) is 0 Å². The molecule has 2 aromatic rings. The van der Waals surface area contributed by atoms with Gasteiger partial charge >= 0.3 is 35.5 Å². The third-order valence-electron chi connectivity index (χ3n) is 5.11. The first-order valence-electron chi connectivity index (χ1n) is 10.2. The molecule has 2 aliphatic heterocycles. The number of likely N-dealkylation sites (N-methyl/N-ethyl adjacent to an activating group) is 1. The Hall–Kier alpha value is -1.69. The van der Waals surface area contributed by atoms with E-state index < -0.39 is 23.3 Å². The second-order valence-corrected chi connectivity index (χ2v) is 10.8. The molecule has 0 unspecified atom stereocenters. The fourth-order valence-electron chi connectivity index (χ4n) is 3.47. The Balaban J connectivity index is 0.00000228. The average molecular weight is 550 g/mol. The van der Waals surface area contributed by atoms with Crippen molar-refractivity contribution in [2.45, 2.75) is 29.5 Å². The molecule has 0 aliphatic carbocycles. The summed E-state index contributed by atoms with van der Waals surface area (Å²) in [5.74, 6) is -1.24. The summed E-state index contributed by atoms with van der Waals surface area (Å²) in [6, 6.07) is -0.782. The zero-order valence-electron chi connectivity index (χ0n) is 20.4. The number of nitrogens with two attached hydrogens (primary N) is 1. The molecule has 2 atom stereocenters. The van der Waals surface area contributed by atoms with E-state index in [0.717, 1.165) is 6.54 Å². The van der Waals surface area contributed by atoms with Crippen LogP contribution in [0.15, 0.2) is 21.8 Å². The minimum atomic E-state index is -1.18. The second kappa shape index (κ2) is 12.0. The maximum atomic E-state index is 12.8.